The van der Waals surface area contributed by atoms with Crippen LogP contribution >= 0.6 is 0 Å². The molecule has 1 unspecified atom stereocenters. The van der Waals surface area contributed by atoms with Gasteiger partial charge >= 0.3 is 0 Å². The van der Waals surface area contributed by atoms with Crippen molar-refractivity contribution in [3.63, 3.8) is 0 Å². The predicted molar refractivity (Wildman–Crippen MR) is 74.1 cm³/mol. The second-order valence-electron chi connectivity index (χ2n) is 4.75. The molecule has 0 bridgehead atoms. The van der Waals surface area contributed by atoms with Gasteiger partial charge in [0.25, 0.3) is 0 Å². The van der Waals surface area contributed by atoms with Gasteiger partial charge in [-0.25, -0.2) is 0 Å². The third-order valence-corrected chi connectivity index (χ3v) is 2.81. The number of phenolic OH excluding ortho intramolecular Hbond substituents is 1. The Morgan fingerprint density at radius 1 is 1.35 bits per heavy atom. The molecule has 0 radical (unpaired) electrons. The Labute approximate surface area is 105 Å². The molecule has 0 amide bonds. The molecule has 1 aromatic rings. The van der Waals surface area contributed by atoms with Crippen molar-refractivity contribution in [3.8, 4) is 5.75 Å². The standard InChI is InChI=1S/C15H23NO/c1-5-8-13(12(2)11-16(3)4)14-9-6-7-10-15(14)17/h6-10,12,17H,5,11H2,1-4H3. The Morgan fingerprint density at radius 3 is 2.53 bits per heavy atom. The topological polar surface area (TPSA) is 23.5 Å². The molecule has 0 saturated carbocycles. The van der Waals surface area contributed by atoms with Crippen LogP contribution in [-0.2, 0) is 0 Å². The summed E-state index contributed by atoms with van der Waals surface area (Å²) < 4.78 is 0. The van der Waals surface area contributed by atoms with Gasteiger partial charge < -0.3 is 10.0 Å². The van der Waals surface area contributed by atoms with Gasteiger partial charge in [0.15, 0.2) is 0 Å². The number of nitrogens with zero attached hydrogens (tertiary/aromatic N) is 1. The smallest absolute Gasteiger partial charge is 0.123 e. The van der Waals surface area contributed by atoms with Gasteiger partial charge in [0.2, 0.25) is 0 Å². The summed E-state index contributed by atoms with van der Waals surface area (Å²) in [6.45, 7) is 5.32. The second-order valence-corrected chi connectivity index (χ2v) is 4.75. The van der Waals surface area contributed by atoms with E-state index in [4.69, 9.17) is 0 Å². The van der Waals surface area contributed by atoms with Crippen LogP contribution in [0.4, 0.5) is 0 Å². The van der Waals surface area contributed by atoms with Gasteiger partial charge in [0.1, 0.15) is 5.75 Å². The third kappa shape index (κ3) is 3.90. The van der Waals surface area contributed by atoms with E-state index in [-0.39, 0.29) is 0 Å². The number of hydrogen-bond donors (Lipinski definition) is 1. The van der Waals surface area contributed by atoms with E-state index in [9.17, 15) is 5.11 Å². The lowest BCUT2D eigenvalue weighted by Crippen LogP contribution is -2.20. The maximum atomic E-state index is 9.94. The molecule has 0 heterocycles. The highest BCUT2D eigenvalue weighted by molar-refractivity contribution is 5.71. The number of hydrogen-bond acceptors (Lipinski definition) is 2. The molecule has 17 heavy (non-hydrogen) atoms. The summed E-state index contributed by atoms with van der Waals surface area (Å²) in [5.74, 6) is 0.788. The van der Waals surface area contributed by atoms with Gasteiger partial charge in [-0.15, -0.1) is 0 Å². The summed E-state index contributed by atoms with van der Waals surface area (Å²) in [6, 6.07) is 7.57. The van der Waals surface area contributed by atoms with E-state index in [1.165, 1.54) is 5.57 Å². The molecule has 1 aromatic carbocycles. The van der Waals surface area contributed by atoms with Crippen molar-refractivity contribution in [1.82, 2.24) is 4.90 Å². The molecular formula is C15H23NO. The fourth-order valence-electron chi connectivity index (χ4n) is 2.16. The zero-order chi connectivity index (χ0) is 12.8. The fraction of sp³-hybridized carbons (Fsp3) is 0.467. The highest BCUT2D eigenvalue weighted by atomic mass is 16.3. The number of benzene rings is 1. The van der Waals surface area contributed by atoms with Gasteiger partial charge in [-0.3, -0.25) is 0 Å². The number of aromatic hydroxyl groups is 1. The van der Waals surface area contributed by atoms with Crippen LogP contribution in [0.5, 0.6) is 5.75 Å². The molecule has 1 rings (SSSR count). The lowest BCUT2D eigenvalue weighted by Gasteiger charge is -2.21. The molecule has 1 atom stereocenters. The van der Waals surface area contributed by atoms with Gasteiger partial charge in [-0.2, -0.15) is 0 Å². The van der Waals surface area contributed by atoms with Crippen LogP contribution in [-0.4, -0.2) is 30.6 Å². The lowest BCUT2D eigenvalue weighted by atomic mass is 9.92. The molecule has 0 aliphatic carbocycles. The van der Waals surface area contributed by atoms with Crippen molar-refractivity contribution in [2.45, 2.75) is 20.3 Å². The van der Waals surface area contributed by atoms with Crippen LogP contribution in [0, 0.1) is 5.92 Å². The number of rotatable bonds is 5. The fourth-order valence-corrected chi connectivity index (χ4v) is 2.16. The Bertz CT molecular complexity index is 382. The number of phenols is 1. The molecule has 0 fully saturated rings. The molecule has 2 nitrogen and oxygen atoms in total. The summed E-state index contributed by atoms with van der Waals surface area (Å²) in [5, 5.41) is 9.94. The first-order valence-corrected chi connectivity index (χ1v) is 6.19. The van der Waals surface area contributed by atoms with Crippen LogP contribution in [0.25, 0.3) is 5.57 Å². The van der Waals surface area contributed by atoms with Crippen LogP contribution in [0.15, 0.2) is 30.3 Å². The summed E-state index contributed by atoms with van der Waals surface area (Å²) >= 11 is 0. The first kappa shape index (κ1) is 13.8. The monoisotopic (exact) mass is 233 g/mol. The van der Waals surface area contributed by atoms with Crippen molar-refractivity contribution in [1.29, 1.82) is 0 Å². The maximum Gasteiger partial charge on any atom is 0.123 e. The van der Waals surface area contributed by atoms with E-state index in [2.05, 4.69) is 38.9 Å². The van der Waals surface area contributed by atoms with E-state index in [0.717, 1.165) is 18.5 Å². The molecule has 0 aliphatic heterocycles. The minimum Gasteiger partial charge on any atom is -0.507 e. The maximum absolute atomic E-state index is 9.94. The summed E-state index contributed by atoms with van der Waals surface area (Å²) in [5.41, 5.74) is 2.20. The third-order valence-electron chi connectivity index (χ3n) is 2.81. The van der Waals surface area contributed by atoms with Gasteiger partial charge in [0, 0.05) is 12.1 Å². The second kappa shape index (κ2) is 6.45. The largest absolute Gasteiger partial charge is 0.507 e. The number of allylic oxidation sites excluding steroid dienone is 1. The van der Waals surface area contributed by atoms with Crippen LogP contribution < -0.4 is 0 Å². The quantitative estimate of drug-likeness (QED) is 0.842. The van der Waals surface area contributed by atoms with Gasteiger partial charge in [0.05, 0.1) is 0 Å². The Hall–Kier alpha value is -1.28. The average molecular weight is 233 g/mol. The van der Waals surface area contributed by atoms with Crippen molar-refractivity contribution >= 4 is 5.57 Å². The minimum absolute atomic E-state index is 0.373. The Morgan fingerprint density at radius 2 is 2.00 bits per heavy atom. The van der Waals surface area contributed by atoms with Crippen LogP contribution in [0.1, 0.15) is 25.8 Å². The molecule has 0 aromatic heterocycles. The van der Waals surface area contributed by atoms with Gasteiger partial charge in [-0.05, 0) is 38.1 Å². The molecular weight excluding hydrogens is 210 g/mol. The van der Waals surface area contributed by atoms with Gasteiger partial charge in [-0.1, -0.05) is 38.1 Å². The zero-order valence-corrected chi connectivity index (χ0v) is 11.3. The molecule has 94 valence electrons. The molecule has 0 spiro atoms. The van der Waals surface area contributed by atoms with E-state index in [0.29, 0.717) is 11.7 Å². The van der Waals surface area contributed by atoms with Crippen molar-refractivity contribution in [3.05, 3.63) is 35.9 Å². The highest BCUT2D eigenvalue weighted by Crippen LogP contribution is 2.30. The zero-order valence-electron chi connectivity index (χ0n) is 11.3. The summed E-state index contributed by atoms with van der Waals surface area (Å²) in [4.78, 5) is 2.17. The minimum atomic E-state index is 0.373. The molecule has 0 aliphatic rings. The van der Waals surface area contributed by atoms with E-state index in [1.807, 2.05) is 18.2 Å². The van der Waals surface area contributed by atoms with Crippen molar-refractivity contribution in [2.75, 3.05) is 20.6 Å². The van der Waals surface area contributed by atoms with Crippen LogP contribution in [0.2, 0.25) is 0 Å². The van der Waals surface area contributed by atoms with E-state index >= 15 is 0 Å². The normalized spacial score (nSPS) is 14.1. The van der Waals surface area contributed by atoms with Crippen LogP contribution in [0.3, 0.4) is 0 Å². The van der Waals surface area contributed by atoms with Crippen molar-refractivity contribution < 1.29 is 5.11 Å². The summed E-state index contributed by atoms with van der Waals surface area (Å²) in [7, 11) is 4.15. The molecule has 0 saturated heterocycles. The Kier molecular flexibility index (Phi) is 5.23. The Balaban J connectivity index is 3.02. The van der Waals surface area contributed by atoms with Crippen molar-refractivity contribution in [2.24, 2.45) is 5.92 Å². The number of para-hydroxylation sites is 1. The first-order valence-electron chi connectivity index (χ1n) is 6.19. The molecule has 2 heteroatoms. The van der Waals surface area contributed by atoms with E-state index in [1.54, 1.807) is 6.07 Å². The predicted octanol–water partition coefficient (Wildman–Crippen LogP) is 3.38. The van der Waals surface area contributed by atoms with E-state index < -0.39 is 0 Å². The SMILES string of the molecule is CCC=C(c1ccccc1O)C(C)CN(C)C. The highest BCUT2D eigenvalue weighted by Gasteiger charge is 2.14. The average Bonchev–Trinajstić information content (AvgIpc) is 2.26. The summed E-state index contributed by atoms with van der Waals surface area (Å²) in [6.07, 6.45) is 3.20. The lowest BCUT2D eigenvalue weighted by molar-refractivity contribution is 0.375. The first-order chi connectivity index (χ1) is 8.06. The molecule has 1 N–H and O–H groups in total.